The molecule has 34 heavy (non-hydrogen) atoms. The highest BCUT2D eigenvalue weighted by atomic mass is 32.2. The second-order valence-corrected chi connectivity index (χ2v) is 8.31. The zero-order valence-corrected chi connectivity index (χ0v) is 18.2. The number of carbonyl (C=O) groups is 1. The summed E-state index contributed by atoms with van der Waals surface area (Å²) in [5, 5.41) is 13.5. The van der Waals surface area contributed by atoms with Gasteiger partial charge in [-0.05, 0) is 42.5 Å². The highest BCUT2D eigenvalue weighted by Gasteiger charge is 2.20. The van der Waals surface area contributed by atoms with E-state index in [0.717, 1.165) is 18.2 Å². The van der Waals surface area contributed by atoms with E-state index in [4.69, 9.17) is 4.74 Å². The van der Waals surface area contributed by atoms with E-state index in [9.17, 15) is 32.1 Å². The molecule has 0 fully saturated rings. The van der Waals surface area contributed by atoms with Crippen LogP contribution < -0.4 is 19.5 Å². The van der Waals surface area contributed by atoms with Gasteiger partial charge in [0.1, 0.15) is 11.5 Å². The van der Waals surface area contributed by atoms with E-state index in [-0.39, 0.29) is 39.0 Å². The number of nitrogens with one attached hydrogen (secondary N) is 2. The van der Waals surface area contributed by atoms with Crippen LogP contribution in [0.15, 0.2) is 71.6 Å². The SMILES string of the molecule is COc1ccc([N+](=O)[O-])cc1NS(=O)(=O)c1ccc(C(=O)Nc2cccc(OC(F)F)c2)cc1. The van der Waals surface area contributed by atoms with Gasteiger partial charge in [-0.3, -0.25) is 19.6 Å². The normalized spacial score (nSPS) is 11.1. The second-order valence-electron chi connectivity index (χ2n) is 6.63. The number of non-ortho nitro benzene ring substituents is 1. The number of carbonyl (C=O) groups excluding carboxylic acids is 1. The minimum absolute atomic E-state index is 0.0724. The van der Waals surface area contributed by atoms with Gasteiger partial charge in [-0.2, -0.15) is 8.78 Å². The molecule has 0 spiro atoms. The molecular formula is C21H17F2N3O7S. The molecule has 13 heteroatoms. The van der Waals surface area contributed by atoms with E-state index in [2.05, 4.69) is 14.8 Å². The molecule has 10 nitrogen and oxygen atoms in total. The third-order valence-corrected chi connectivity index (χ3v) is 5.76. The van der Waals surface area contributed by atoms with Gasteiger partial charge in [-0.1, -0.05) is 6.07 Å². The number of benzene rings is 3. The Morgan fingerprint density at radius 3 is 2.38 bits per heavy atom. The highest BCUT2D eigenvalue weighted by molar-refractivity contribution is 7.92. The Labute approximate surface area is 192 Å². The van der Waals surface area contributed by atoms with E-state index in [1.165, 1.54) is 55.6 Å². The van der Waals surface area contributed by atoms with Crippen LogP contribution in [0.2, 0.25) is 0 Å². The topological polar surface area (TPSA) is 137 Å². The van der Waals surface area contributed by atoms with Gasteiger partial charge in [0, 0.05) is 29.4 Å². The van der Waals surface area contributed by atoms with Gasteiger partial charge in [-0.15, -0.1) is 0 Å². The fourth-order valence-corrected chi connectivity index (χ4v) is 3.89. The summed E-state index contributed by atoms with van der Waals surface area (Å²) < 4.78 is 61.7. The van der Waals surface area contributed by atoms with Gasteiger partial charge in [-0.25, -0.2) is 8.42 Å². The van der Waals surface area contributed by atoms with Crippen molar-refractivity contribution in [3.05, 3.63) is 82.4 Å². The number of sulfonamides is 1. The van der Waals surface area contributed by atoms with Crippen LogP contribution in [0.3, 0.4) is 0 Å². The molecule has 3 aromatic rings. The van der Waals surface area contributed by atoms with Crippen LogP contribution in [0.25, 0.3) is 0 Å². The molecule has 0 aliphatic carbocycles. The van der Waals surface area contributed by atoms with Gasteiger partial charge in [0.05, 0.1) is 22.6 Å². The molecule has 0 bridgehead atoms. The standard InChI is InChI=1S/C21H17F2N3O7S/c1-32-19-10-7-15(26(28)29)12-18(19)25-34(30,31)17-8-5-13(6-9-17)20(27)24-14-3-2-4-16(11-14)33-21(22)23/h2-12,21,25H,1H3,(H,24,27). The van der Waals surface area contributed by atoms with Crippen LogP contribution in [0, 0.1) is 10.1 Å². The maximum atomic E-state index is 12.7. The molecule has 0 atom stereocenters. The van der Waals surface area contributed by atoms with Crippen molar-refractivity contribution in [3.63, 3.8) is 0 Å². The molecule has 0 saturated heterocycles. The van der Waals surface area contributed by atoms with Crippen molar-refractivity contribution in [2.75, 3.05) is 17.1 Å². The number of rotatable bonds is 9. The quantitative estimate of drug-likeness (QED) is 0.336. The van der Waals surface area contributed by atoms with Gasteiger partial charge >= 0.3 is 6.61 Å². The molecule has 1 amide bonds. The molecule has 0 aromatic heterocycles. The third-order valence-electron chi connectivity index (χ3n) is 4.38. The number of hydrogen-bond donors (Lipinski definition) is 2. The number of amides is 1. The Bertz CT molecular complexity index is 1320. The van der Waals surface area contributed by atoms with Gasteiger partial charge in [0.15, 0.2) is 0 Å². The number of halogens is 2. The zero-order chi connectivity index (χ0) is 24.9. The van der Waals surface area contributed by atoms with Crippen molar-refractivity contribution in [3.8, 4) is 11.5 Å². The van der Waals surface area contributed by atoms with E-state index in [1.807, 2.05) is 0 Å². The molecule has 0 aliphatic heterocycles. The van der Waals surface area contributed by atoms with Crippen molar-refractivity contribution in [2.24, 2.45) is 0 Å². The first-order chi connectivity index (χ1) is 16.1. The van der Waals surface area contributed by atoms with Crippen LogP contribution in [-0.2, 0) is 10.0 Å². The molecule has 0 aliphatic rings. The van der Waals surface area contributed by atoms with Gasteiger partial charge in [0.2, 0.25) is 0 Å². The lowest BCUT2D eigenvalue weighted by atomic mass is 10.2. The number of ether oxygens (including phenoxy) is 2. The molecule has 0 unspecified atom stereocenters. The van der Waals surface area contributed by atoms with E-state index >= 15 is 0 Å². The molecule has 0 heterocycles. The monoisotopic (exact) mass is 493 g/mol. The Morgan fingerprint density at radius 1 is 1.06 bits per heavy atom. The Balaban J connectivity index is 1.77. The lowest BCUT2D eigenvalue weighted by molar-refractivity contribution is -0.384. The summed E-state index contributed by atoms with van der Waals surface area (Å²) >= 11 is 0. The summed E-state index contributed by atoms with van der Waals surface area (Å²) in [4.78, 5) is 22.5. The van der Waals surface area contributed by atoms with Crippen LogP contribution in [0.1, 0.15) is 10.4 Å². The van der Waals surface area contributed by atoms with Gasteiger partial charge in [0.25, 0.3) is 21.6 Å². The minimum Gasteiger partial charge on any atom is -0.495 e. The smallest absolute Gasteiger partial charge is 0.387 e. The number of nitro groups is 1. The molecule has 3 aromatic carbocycles. The fraction of sp³-hybridized carbons (Fsp3) is 0.0952. The van der Waals surface area contributed by atoms with Crippen LogP contribution >= 0.6 is 0 Å². The number of anilines is 2. The maximum absolute atomic E-state index is 12.7. The number of alkyl halides is 2. The predicted octanol–water partition coefficient (Wildman–Crippen LogP) is 4.26. The van der Waals surface area contributed by atoms with Crippen LogP contribution in [0.4, 0.5) is 25.8 Å². The molecule has 2 N–H and O–H groups in total. The van der Waals surface area contributed by atoms with Crippen molar-refractivity contribution in [1.82, 2.24) is 0 Å². The van der Waals surface area contributed by atoms with E-state index in [0.29, 0.717) is 0 Å². The molecule has 0 radical (unpaired) electrons. The number of methoxy groups -OCH3 is 1. The lowest BCUT2D eigenvalue weighted by Gasteiger charge is -2.12. The van der Waals surface area contributed by atoms with E-state index < -0.39 is 27.5 Å². The zero-order valence-electron chi connectivity index (χ0n) is 17.4. The number of hydrogen-bond acceptors (Lipinski definition) is 7. The summed E-state index contributed by atoms with van der Waals surface area (Å²) in [6.07, 6.45) is 0. The molecule has 178 valence electrons. The van der Waals surface area contributed by atoms with Crippen molar-refractivity contribution in [1.29, 1.82) is 0 Å². The molecule has 3 rings (SSSR count). The average Bonchev–Trinajstić information content (AvgIpc) is 2.78. The summed E-state index contributed by atoms with van der Waals surface area (Å²) in [6, 6.07) is 13.6. The third kappa shape index (κ3) is 5.95. The summed E-state index contributed by atoms with van der Waals surface area (Å²) in [6.45, 7) is -3.02. The second kappa shape index (κ2) is 10.1. The largest absolute Gasteiger partial charge is 0.495 e. The Hall–Kier alpha value is -4.26. The lowest BCUT2D eigenvalue weighted by Crippen LogP contribution is -2.15. The molecular weight excluding hydrogens is 476 g/mol. The predicted molar refractivity (Wildman–Crippen MR) is 118 cm³/mol. The summed E-state index contributed by atoms with van der Waals surface area (Å²) in [5.74, 6) is -0.688. The first-order valence-corrected chi connectivity index (χ1v) is 10.9. The first kappa shape index (κ1) is 24.4. The van der Waals surface area contributed by atoms with Crippen molar-refractivity contribution >= 4 is 33.0 Å². The van der Waals surface area contributed by atoms with Crippen LogP contribution in [-0.4, -0.2) is 33.0 Å². The summed E-state index contributed by atoms with van der Waals surface area (Å²) in [7, 11) is -2.90. The highest BCUT2D eigenvalue weighted by Crippen LogP contribution is 2.31. The average molecular weight is 493 g/mol. The Kier molecular flexibility index (Phi) is 7.26. The first-order valence-electron chi connectivity index (χ1n) is 9.40. The Morgan fingerprint density at radius 2 is 1.76 bits per heavy atom. The molecule has 0 saturated carbocycles. The van der Waals surface area contributed by atoms with Crippen molar-refractivity contribution < 1.29 is 36.4 Å². The van der Waals surface area contributed by atoms with E-state index in [1.54, 1.807) is 0 Å². The number of nitro benzene ring substituents is 1. The summed E-state index contributed by atoms with van der Waals surface area (Å²) in [5.41, 5.74) is -0.190. The van der Waals surface area contributed by atoms with Gasteiger partial charge < -0.3 is 14.8 Å². The van der Waals surface area contributed by atoms with Crippen LogP contribution in [0.5, 0.6) is 11.5 Å². The maximum Gasteiger partial charge on any atom is 0.387 e. The minimum atomic E-state index is -4.18. The number of nitrogens with zero attached hydrogens (tertiary/aromatic N) is 1. The van der Waals surface area contributed by atoms with Crippen molar-refractivity contribution in [2.45, 2.75) is 11.5 Å². The fourth-order valence-electron chi connectivity index (χ4n) is 2.83.